The minimum atomic E-state index is -4.40. The fraction of sp³-hybridized carbons (Fsp3) is 0.200. The molecule has 3 nitrogen and oxygen atoms in total. The van der Waals surface area contributed by atoms with Gasteiger partial charge in [0.2, 0.25) is 0 Å². The predicted molar refractivity (Wildman–Crippen MR) is 93.3 cm³/mol. The summed E-state index contributed by atoms with van der Waals surface area (Å²) >= 11 is 0. The molecule has 1 saturated heterocycles. The highest BCUT2D eigenvalue weighted by molar-refractivity contribution is 5.50. The van der Waals surface area contributed by atoms with Crippen LogP contribution in [0.5, 0.6) is 0 Å². The Balaban J connectivity index is 1.67. The first-order chi connectivity index (χ1) is 12.5. The number of hydrogen-bond acceptors (Lipinski definition) is 2. The Hall–Kier alpha value is -2.73. The Morgan fingerprint density at radius 3 is 2.42 bits per heavy atom. The minimum Gasteiger partial charge on any atom is -0.352 e. The molecule has 0 N–H and O–H groups in total. The number of rotatable bonds is 3. The summed E-state index contributed by atoms with van der Waals surface area (Å²) in [7, 11) is 0. The van der Waals surface area contributed by atoms with E-state index in [1.807, 2.05) is 30.3 Å². The molecule has 1 atom stereocenters. The van der Waals surface area contributed by atoms with E-state index < -0.39 is 11.7 Å². The van der Waals surface area contributed by atoms with Gasteiger partial charge in [-0.1, -0.05) is 30.3 Å². The topological polar surface area (TPSA) is 17.4 Å². The molecule has 3 aromatic rings. The van der Waals surface area contributed by atoms with E-state index in [9.17, 15) is 13.2 Å². The van der Waals surface area contributed by atoms with Gasteiger partial charge in [0.25, 0.3) is 0 Å². The Morgan fingerprint density at radius 2 is 1.65 bits per heavy atom. The minimum absolute atomic E-state index is 0.107. The van der Waals surface area contributed by atoms with Gasteiger partial charge < -0.3 is 14.2 Å². The standard InChI is InChI=1S/C20H17F3N2O/c21-20(22,23)17-8-4-5-9-18(17)24-11-10-15(14-24)19-25(12-13-26-19)16-6-2-1-3-7-16/h1-11,14,19H,12-13H2/t19-/m1/s1. The van der Waals surface area contributed by atoms with E-state index >= 15 is 0 Å². The van der Waals surface area contributed by atoms with Crippen LogP contribution in [-0.4, -0.2) is 17.7 Å². The van der Waals surface area contributed by atoms with Gasteiger partial charge in [-0.05, 0) is 30.3 Å². The smallest absolute Gasteiger partial charge is 0.352 e. The Morgan fingerprint density at radius 1 is 0.923 bits per heavy atom. The SMILES string of the molecule is FC(F)(F)c1ccccc1-n1ccc([C@H]2OCCN2c2ccccc2)c1. The van der Waals surface area contributed by atoms with Crippen LogP contribution in [0.4, 0.5) is 18.9 Å². The summed E-state index contributed by atoms with van der Waals surface area (Å²) in [5.41, 5.74) is 1.30. The van der Waals surface area contributed by atoms with E-state index in [-0.39, 0.29) is 11.9 Å². The average molecular weight is 358 g/mol. The Kier molecular flexibility index (Phi) is 4.20. The number of aromatic nitrogens is 1. The van der Waals surface area contributed by atoms with Gasteiger partial charge in [0, 0.05) is 30.2 Å². The number of halogens is 3. The molecule has 0 amide bonds. The molecule has 0 radical (unpaired) electrons. The van der Waals surface area contributed by atoms with Crippen molar-refractivity contribution in [3.63, 3.8) is 0 Å². The lowest BCUT2D eigenvalue weighted by molar-refractivity contribution is -0.137. The van der Waals surface area contributed by atoms with E-state index in [4.69, 9.17) is 4.74 Å². The number of benzene rings is 2. The quantitative estimate of drug-likeness (QED) is 0.653. The molecule has 1 aliphatic heterocycles. The number of alkyl halides is 3. The Labute approximate surface area is 149 Å². The van der Waals surface area contributed by atoms with Crippen LogP contribution in [0.3, 0.4) is 0 Å². The predicted octanol–water partition coefficient (Wildman–Crippen LogP) is 5.03. The van der Waals surface area contributed by atoms with E-state index in [0.29, 0.717) is 6.61 Å². The van der Waals surface area contributed by atoms with Crippen molar-refractivity contribution in [2.45, 2.75) is 12.4 Å². The summed E-state index contributed by atoms with van der Waals surface area (Å²) in [6, 6.07) is 17.2. The molecular weight excluding hydrogens is 341 g/mol. The molecule has 2 heterocycles. The maximum atomic E-state index is 13.3. The highest BCUT2D eigenvalue weighted by Crippen LogP contribution is 2.36. The van der Waals surface area contributed by atoms with Gasteiger partial charge in [-0.15, -0.1) is 0 Å². The zero-order valence-corrected chi connectivity index (χ0v) is 13.9. The average Bonchev–Trinajstić information content (AvgIpc) is 3.31. The molecular formula is C20H17F3N2O. The number of nitrogens with zero attached hydrogens (tertiary/aromatic N) is 2. The van der Waals surface area contributed by atoms with E-state index in [2.05, 4.69) is 4.90 Å². The number of para-hydroxylation sites is 2. The first kappa shape index (κ1) is 16.7. The van der Waals surface area contributed by atoms with Crippen molar-refractivity contribution in [3.8, 4) is 5.69 Å². The van der Waals surface area contributed by atoms with Crippen molar-refractivity contribution in [1.29, 1.82) is 0 Å². The summed E-state index contributed by atoms with van der Waals surface area (Å²) in [6.45, 7) is 1.31. The summed E-state index contributed by atoms with van der Waals surface area (Å²) in [6.07, 6.45) is -1.36. The summed E-state index contributed by atoms with van der Waals surface area (Å²) in [4.78, 5) is 2.11. The van der Waals surface area contributed by atoms with Crippen molar-refractivity contribution in [2.24, 2.45) is 0 Å². The fourth-order valence-corrected chi connectivity index (χ4v) is 3.28. The summed E-state index contributed by atoms with van der Waals surface area (Å²) < 4.78 is 47.2. The number of hydrogen-bond donors (Lipinski definition) is 0. The van der Waals surface area contributed by atoms with Crippen LogP contribution in [0, 0.1) is 0 Å². The van der Waals surface area contributed by atoms with Crippen molar-refractivity contribution < 1.29 is 17.9 Å². The third-order valence-corrected chi connectivity index (χ3v) is 4.47. The van der Waals surface area contributed by atoms with Gasteiger partial charge in [-0.2, -0.15) is 13.2 Å². The van der Waals surface area contributed by atoms with Gasteiger partial charge in [-0.3, -0.25) is 0 Å². The molecule has 26 heavy (non-hydrogen) atoms. The molecule has 1 aliphatic rings. The van der Waals surface area contributed by atoms with Crippen LogP contribution in [0.15, 0.2) is 73.1 Å². The lowest BCUT2D eigenvalue weighted by Gasteiger charge is -2.24. The van der Waals surface area contributed by atoms with Crippen LogP contribution < -0.4 is 4.90 Å². The van der Waals surface area contributed by atoms with Crippen LogP contribution >= 0.6 is 0 Å². The van der Waals surface area contributed by atoms with Crippen molar-refractivity contribution in [2.75, 3.05) is 18.1 Å². The molecule has 134 valence electrons. The maximum Gasteiger partial charge on any atom is 0.418 e. The second-order valence-corrected chi connectivity index (χ2v) is 6.12. The van der Waals surface area contributed by atoms with Crippen LogP contribution in [-0.2, 0) is 10.9 Å². The lowest BCUT2D eigenvalue weighted by atomic mass is 10.1. The van der Waals surface area contributed by atoms with Crippen LogP contribution in [0.1, 0.15) is 17.4 Å². The highest BCUT2D eigenvalue weighted by Gasteiger charge is 2.34. The second-order valence-electron chi connectivity index (χ2n) is 6.12. The van der Waals surface area contributed by atoms with Gasteiger partial charge >= 0.3 is 6.18 Å². The van der Waals surface area contributed by atoms with Crippen molar-refractivity contribution >= 4 is 5.69 Å². The maximum absolute atomic E-state index is 13.3. The summed E-state index contributed by atoms with van der Waals surface area (Å²) in [5, 5.41) is 0. The molecule has 4 rings (SSSR count). The molecule has 1 aromatic heterocycles. The first-order valence-corrected chi connectivity index (χ1v) is 8.32. The second kappa shape index (κ2) is 6.53. The fourth-order valence-electron chi connectivity index (χ4n) is 3.28. The van der Waals surface area contributed by atoms with Gasteiger partial charge in [0.05, 0.1) is 17.9 Å². The monoisotopic (exact) mass is 358 g/mol. The zero-order valence-electron chi connectivity index (χ0n) is 13.9. The van der Waals surface area contributed by atoms with Gasteiger partial charge in [-0.25, -0.2) is 0 Å². The molecule has 0 bridgehead atoms. The van der Waals surface area contributed by atoms with E-state index in [1.165, 1.54) is 16.7 Å². The van der Waals surface area contributed by atoms with Crippen LogP contribution in [0.2, 0.25) is 0 Å². The third-order valence-electron chi connectivity index (χ3n) is 4.47. The summed E-state index contributed by atoms with van der Waals surface area (Å²) in [5.74, 6) is 0. The zero-order chi connectivity index (χ0) is 18.1. The lowest BCUT2D eigenvalue weighted by Crippen LogP contribution is -2.22. The molecule has 1 fully saturated rings. The molecule has 6 heteroatoms. The van der Waals surface area contributed by atoms with E-state index in [0.717, 1.165) is 23.9 Å². The molecule has 0 aliphatic carbocycles. The van der Waals surface area contributed by atoms with Gasteiger partial charge in [0.15, 0.2) is 6.23 Å². The highest BCUT2D eigenvalue weighted by atomic mass is 19.4. The van der Waals surface area contributed by atoms with Gasteiger partial charge in [0.1, 0.15) is 0 Å². The largest absolute Gasteiger partial charge is 0.418 e. The molecule has 0 unspecified atom stereocenters. The first-order valence-electron chi connectivity index (χ1n) is 8.32. The molecule has 0 spiro atoms. The van der Waals surface area contributed by atoms with Crippen LogP contribution in [0.25, 0.3) is 5.69 Å². The number of ether oxygens (including phenoxy) is 1. The normalized spacial score (nSPS) is 17.7. The van der Waals surface area contributed by atoms with Crippen molar-refractivity contribution in [1.82, 2.24) is 4.57 Å². The Bertz CT molecular complexity index is 889. The molecule has 2 aromatic carbocycles. The third kappa shape index (κ3) is 3.08. The molecule has 0 saturated carbocycles. The number of anilines is 1. The van der Waals surface area contributed by atoms with Crippen molar-refractivity contribution in [3.05, 3.63) is 84.2 Å². The van der Waals surface area contributed by atoms with E-state index in [1.54, 1.807) is 24.5 Å².